The van der Waals surface area contributed by atoms with Crippen molar-refractivity contribution in [2.24, 2.45) is 5.73 Å². The van der Waals surface area contributed by atoms with Crippen molar-refractivity contribution < 1.29 is 9.18 Å². The van der Waals surface area contributed by atoms with Gasteiger partial charge in [0.05, 0.1) is 11.3 Å². The molecular weight excluding hydrogens is 277 g/mol. The highest BCUT2D eigenvalue weighted by molar-refractivity contribution is 7.99. The van der Waals surface area contributed by atoms with Gasteiger partial charge in [0.1, 0.15) is 5.82 Å². The summed E-state index contributed by atoms with van der Waals surface area (Å²) in [6.45, 7) is 0. The topological polar surface area (TPSA) is 81.1 Å². The lowest BCUT2D eigenvalue weighted by atomic mass is 9.94. The first kappa shape index (κ1) is 15.0. The van der Waals surface area contributed by atoms with Crippen LogP contribution in [0.4, 0.5) is 15.8 Å². The maximum absolute atomic E-state index is 13.9. The van der Waals surface area contributed by atoms with Crippen LogP contribution in [-0.2, 0) is 0 Å². The first-order valence-corrected chi connectivity index (χ1v) is 7.98. The highest BCUT2D eigenvalue weighted by Crippen LogP contribution is 2.30. The second kappa shape index (κ2) is 6.35. The van der Waals surface area contributed by atoms with Gasteiger partial charge in [0.15, 0.2) is 0 Å². The van der Waals surface area contributed by atoms with Crippen LogP contribution in [-0.4, -0.2) is 23.5 Å². The molecule has 110 valence electrons. The number of benzene rings is 1. The Morgan fingerprint density at radius 1 is 1.35 bits per heavy atom. The third-order valence-electron chi connectivity index (χ3n) is 3.77. The van der Waals surface area contributed by atoms with Crippen LogP contribution >= 0.6 is 11.8 Å². The largest absolute Gasteiger partial charge is 0.398 e. The molecule has 0 atom stereocenters. The Balaban J connectivity index is 2.10. The summed E-state index contributed by atoms with van der Waals surface area (Å²) in [6, 6.07) is 2.79. The van der Waals surface area contributed by atoms with E-state index in [4.69, 9.17) is 11.5 Å². The van der Waals surface area contributed by atoms with Gasteiger partial charge < -0.3 is 16.8 Å². The van der Waals surface area contributed by atoms with Crippen LogP contribution in [0.2, 0.25) is 0 Å². The molecule has 0 spiro atoms. The number of hydrogen-bond acceptors (Lipinski definition) is 4. The monoisotopic (exact) mass is 297 g/mol. The molecule has 1 aromatic carbocycles. The first-order chi connectivity index (χ1) is 9.51. The van der Waals surface area contributed by atoms with Crippen molar-refractivity contribution in [3.8, 4) is 0 Å². The molecule has 4 nitrogen and oxygen atoms in total. The zero-order valence-corrected chi connectivity index (χ0v) is 12.3. The van der Waals surface area contributed by atoms with Crippen LogP contribution in [0.1, 0.15) is 36.0 Å². The van der Waals surface area contributed by atoms with Gasteiger partial charge in [-0.15, -0.1) is 0 Å². The molecule has 1 amide bonds. The second-order valence-corrected chi connectivity index (χ2v) is 6.28. The summed E-state index contributed by atoms with van der Waals surface area (Å²) < 4.78 is 13.9. The fraction of sp³-hybridized carbons (Fsp3) is 0.500. The normalized spacial score (nSPS) is 22.5. The van der Waals surface area contributed by atoms with Crippen LogP contribution in [0.25, 0.3) is 0 Å². The summed E-state index contributed by atoms with van der Waals surface area (Å²) in [6.07, 6.45) is 6.37. The lowest BCUT2D eigenvalue weighted by Gasteiger charge is -2.29. The molecule has 0 radical (unpaired) electrons. The SMILES string of the molecule is CSC1CCC(Nc2cc(C(N)=O)c(N)cc2F)CC1. The van der Waals surface area contributed by atoms with Crippen LogP contribution in [0.5, 0.6) is 0 Å². The maximum Gasteiger partial charge on any atom is 0.250 e. The van der Waals surface area contributed by atoms with E-state index in [-0.39, 0.29) is 17.3 Å². The van der Waals surface area contributed by atoms with Crippen LogP contribution in [0.3, 0.4) is 0 Å². The zero-order valence-electron chi connectivity index (χ0n) is 11.5. The number of nitrogens with one attached hydrogen (secondary N) is 1. The van der Waals surface area contributed by atoms with Crippen LogP contribution in [0, 0.1) is 5.82 Å². The number of rotatable bonds is 4. The predicted octanol–water partition coefficient (Wildman–Crippen LogP) is 2.59. The quantitative estimate of drug-likeness (QED) is 0.746. The molecule has 2 rings (SSSR count). The van der Waals surface area contributed by atoms with Crippen molar-refractivity contribution in [3.05, 3.63) is 23.5 Å². The molecule has 0 saturated heterocycles. The van der Waals surface area contributed by atoms with E-state index < -0.39 is 11.7 Å². The number of anilines is 2. The number of primary amides is 1. The van der Waals surface area contributed by atoms with E-state index in [1.54, 1.807) is 0 Å². The third kappa shape index (κ3) is 3.36. The smallest absolute Gasteiger partial charge is 0.250 e. The molecule has 0 unspecified atom stereocenters. The van der Waals surface area contributed by atoms with E-state index in [0.717, 1.165) is 31.7 Å². The number of carbonyl (C=O) groups excluding carboxylic acids is 1. The number of nitrogen functional groups attached to an aromatic ring is 1. The van der Waals surface area contributed by atoms with Gasteiger partial charge in [-0.05, 0) is 44.1 Å². The summed E-state index contributed by atoms with van der Waals surface area (Å²) in [5.74, 6) is -1.09. The number of halogens is 1. The summed E-state index contributed by atoms with van der Waals surface area (Å²) in [5, 5.41) is 3.87. The van der Waals surface area contributed by atoms with Crippen molar-refractivity contribution in [3.63, 3.8) is 0 Å². The average molecular weight is 297 g/mol. The Labute approximate surface area is 122 Å². The van der Waals surface area contributed by atoms with Crippen LogP contribution in [0.15, 0.2) is 12.1 Å². The Kier molecular flexibility index (Phi) is 4.75. The van der Waals surface area contributed by atoms with Gasteiger partial charge in [-0.25, -0.2) is 4.39 Å². The summed E-state index contributed by atoms with van der Waals surface area (Å²) in [5.41, 5.74) is 11.4. The molecule has 0 bridgehead atoms. The van der Waals surface area contributed by atoms with E-state index in [9.17, 15) is 9.18 Å². The molecule has 20 heavy (non-hydrogen) atoms. The van der Waals surface area contributed by atoms with Crippen molar-refractivity contribution >= 4 is 29.0 Å². The molecule has 0 aliphatic heterocycles. The molecule has 0 aromatic heterocycles. The highest BCUT2D eigenvalue weighted by atomic mass is 32.2. The molecule has 1 saturated carbocycles. The molecular formula is C14H20FN3OS. The van der Waals surface area contributed by atoms with Gasteiger partial charge >= 0.3 is 0 Å². The molecule has 5 N–H and O–H groups in total. The highest BCUT2D eigenvalue weighted by Gasteiger charge is 2.21. The fourth-order valence-corrected chi connectivity index (χ4v) is 3.32. The van der Waals surface area contributed by atoms with Crippen molar-refractivity contribution in [1.82, 2.24) is 0 Å². The molecule has 6 heteroatoms. The molecule has 1 aromatic rings. The van der Waals surface area contributed by atoms with Gasteiger partial charge in [-0.1, -0.05) is 0 Å². The van der Waals surface area contributed by atoms with Gasteiger partial charge in [-0.2, -0.15) is 11.8 Å². The maximum atomic E-state index is 13.9. The van der Waals surface area contributed by atoms with Gasteiger partial charge in [0, 0.05) is 17.0 Å². The Morgan fingerprint density at radius 3 is 2.55 bits per heavy atom. The van der Waals surface area contributed by atoms with Crippen molar-refractivity contribution in [2.45, 2.75) is 37.0 Å². The first-order valence-electron chi connectivity index (χ1n) is 6.69. The van der Waals surface area contributed by atoms with Crippen LogP contribution < -0.4 is 16.8 Å². The molecule has 1 aliphatic rings. The lowest BCUT2D eigenvalue weighted by Crippen LogP contribution is -2.27. The van der Waals surface area contributed by atoms with Gasteiger partial charge in [0.25, 0.3) is 5.91 Å². The fourth-order valence-electron chi connectivity index (χ4n) is 2.58. The van der Waals surface area contributed by atoms with E-state index in [1.165, 1.54) is 6.07 Å². The van der Waals surface area contributed by atoms with E-state index in [1.807, 2.05) is 11.8 Å². The minimum Gasteiger partial charge on any atom is -0.398 e. The Morgan fingerprint density at radius 2 is 2.00 bits per heavy atom. The van der Waals surface area contributed by atoms with Crippen molar-refractivity contribution in [2.75, 3.05) is 17.3 Å². The molecule has 1 aliphatic carbocycles. The minimum atomic E-state index is -0.642. The minimum absolute atomic E-state index is 0.0756. The Bertz CT molecular complexity index is 501. The number of carbonyl (C=O) groups is 1. The van der Waals surface area contributed by atoms with E-state index in [2.05, 4.69) is 11.6 Å². The van der Waals surface area contributed by atoms with Crippen molar-refractivity contribution in [1.29, 1.82) is 0 Å². The average Bonchev–Trinajstić information content (AvgIpc) is 2.42. The second-order valence-electron chi connectivity index (χ2n) is 5.14. The lowest BCUT2D eigenvalue weighted by molar-refractivity contribution is 0.100. The zero-order chi connectivity index (χ0) is 14.7. The standard InChI is InChI=1S/C14H20FN3OS/c1-20-9-4-2-8(3-5-9)18-13-6-10(14(17)19)12(16)7-11(13)15/h6-9,18H,2-5,16H2,1H3,(H2,17,19). The summed E-state index contributed by atoms with van der Waals surface area (Å²) >= 11 is 1.89. The predicted molar refractivity (Wildman–Crippen MR) is 82.5 cm³/mol. The number of nitrogens with two attached hydrogens (primary N) is 2. The number of thioether (sulfide) groups is 1. The Hall–Kier alpha value is -1.43. The van der Waals surface area contributed by atoms with E-state index in [0.29, 0.717) is 10.9 Å². The number of hydrogen-bond donors (Lipinski definition) is 3. The van der Waals surface area contributed by atoms with Gasteiger partial charge in [-0.3, -0.25) is 4.79 Å². The molecule has 1 fully saturated rings. The summed E-state index contributed by atoms with van der Waals surface area (Å²) in [4.78, 5) is 11.2. The van der Waals surface area contributed by atoms with Gasteiger partial charge in [0.2, 0.25) is 0 Å². The van der Waals surface area contributed by atoms with E-state index >= 15 is 0 Å². The number of amides is 1. The molecule has 0 heterocycles. The summed E-state index contributed by atoms with van der Waals surface area (Å²) in [7, 11) is 0. The third-order valence-corrected chi connectivity index (χ3v) is 4.91.